The SMILES string of the molecule is C#CCN(CC(=O)C(C)(C)C)C(C)(C)C.Cl. The molecule has 0 saturated carbocycles. The Morgan fingerprint density at radius 1 is 1.19 bits per heavy atom. The first-order valence-corrected chi connectivity index (χ1v) is 5.31. The highest BCUT2D eigenvalue weighted by atomic mass is 35.5. The number of nitrogens with zero attached hydrogens (tertiary/aromatic N) is 1. The fourth-order valence-corrected chi connectivity index (χ4v) is 1.05. The summed E-state index contributed by atoms with van der Waals surface area (Å²) in [5.74, 6) is 2.83. The minimum absolute atomic E-state index is 0. The molecule has 0 heterocycles. The van der Waals surface area contributed by atoms with Crippen molar-refractivity contribution in [1.82, 2.24) is 4.90 Å². The van der Waals surface area contributed by atoms with Gasteiger partial charge in [-0.15, -0.1) is 18.8 Å². The molecule has 0 aromatic carbocycles. The minimum atomic E-state index is -0.294. The van der Waals surface area contributed by atoms with E-state index >= 15 is 0 Å². The molecule has 0 saturated heterocycles. The van der Waals surface area contributed by atoms with Gasteiger partial charge in [0, 0.05) is 11.0 Å². The first kappa shape index (κ1) is 17.9. The lowest BCUT2D eigenvalue weighted by molar-refractivity contribution is -0.128. The summed E-state index contributed by atoms with van der Waals surface area (Å²) in [5, 5.41) is 0. The summed E-state index contributed by atoms with van der Waals surface area (Å²) in [6.45, 7) is 13.0. The third kappa shape index (κ3) is 6.15. The lowest BCUT2D eigenvalue weighted by Gasteiger charge is -2.35. The van der Waals surface area contributed by atoms with E-state index in [0.29, 0.717) is 13.1 Å². The summed E-state index contributed by atoms with van der Waals surface area (Å²) in [6.07, 6.45) is 5.31. The van der Waals surface area contributed by atoms with Crippen molar-refractivity contribution < 1.29 is 4.79 Å². The molecule has 2 nitrogen and oxygen atoms in total. The average molecular weight is 246 g/mol. The predicted molar refractivity (Wildman–Crippen MR) is 71.9 cm³/mol. The van der Waals surface area contributed by atoms with Gasteiger partial charge in [0.25, 0.3) is 0 Å². The molecule has 0 bridgehead atoms. The number of terminal acetylenes is 1. The van der Waals surface area contributed by atoms with Crippen molar-refractivity contribution in [3.8, 4) is 12.3 Å². The Kier molecular flexibility index (Phi) is 7.00. The van der Waals surface area contributed by atoms with Gasteiger partial charge in [0.1, 0.15) is 0 Å². The van der Waals surface area contributed by atoms with Crippen LogP contribution in [0.3, 0.4) is 0 Å². The molecule has 0 spiro atoms. The van der Waals surface area contributed by atoms with E-state index in [4.69, 9.17) is 6.42 Å². The molecule has 0 aliphatic heterocycles. The zero-order chi connectivity index (χ0) is 12.3. The first-order valence-electron chi connectivity index (χ1n) is 5.31. The largest absolute Gasteiger partial charge is 0.298 e. The summed E-state index contributed by atoms with van der Waals surface area (Å²) < 4.78 is 0. The molecule has 0 radical (unpaired) electrons. The maximum Gasteiger partial charge on any atom is 0.152 e. The number of ketones is 1. The van der Waals surface area contributed by atoms with Crippen LogP contribution in [0.4, 0.5) is 0 Å². The lowest BCUT2D eigenvalue weighted by atomic mass is 9.89. The number of hydrogen-bond donors (Lipinski definition) is 0. The van der Waals surface area contributed by atoms with Crippen LogP contribution in [0.5, 0.6) is 0 Å². The van der Waals surface area contributed by atoms with Crippen LogP contribution in [-0.2, 0) is 4.79 Å². The first-order chi connectivity index (χ1) is 6.59. The van der Waals surface area contributed by atoms with Gasteiger partial charge < -0.3 is 0 Å². The lowest BCUT2D eigenvalue weighted by Crippen LogP contribution is -2.46. The molecule has 0 rings (SSSR count). The molecule has 0 fully saturated rings. The second kappa shape index (κ2) is 6.27. The van der Waals surface area contributed by atoms with Gasteiger partial charge in [-0.2, -0.15) is 0 Å². The van der Waals surface area contributed by atoms with Crippen molar-refractivity contribution in [3.63, 3.8) is 0 Å². The van der Waals surface area contributed by atoms with Gasteiger partial charge in [-0.05, 0) is 20.8 Å². The van der Waals surface area contributed by atoms with Crippen molar-refractivity contribution in [1.29, 1.82) is 0 Å². The topological polar surface area (TPSA) is 20.3 Å². The van der Waals surface area contributed by atoms with Crippen LogP contribution in [0.1, 0.15) is 41.5 Å². The van der Waals surface area contributed by atoms with Crippen molar-refractivity contribution in [2.24, 2.45) is 5.41 Å². The highest BCUT2D eigenvalue weighted by Crippen LogP contribution is 2.19. The fraction of sp³-hybridized carbons (Fsp3) is 0.769. The Morgan fingerprint density at radius 3 is 1.88 bits per heavy atom. The van der Waals surface area contributed by atoms with Gasteiger partial charge in [-0.25, -0.2) is 0 Å². The maximum atomic E-state index is 11.9. The standard InChI is InChI=1S/C13H23NO.ClH/c1-8-9-14(13(5,6)7)10-11(15)12(2,3)4;/h1H,9-10H2,2-7H3;1H. The smallest absolute Gasteiger partial charge is 0.152 e. The van der Waals surface area contributed by atoms with E-state index in [2.05, 4.69) is 26.7 Å². The predicted octanol–water partition coefficient (Wildman–Crippen LogP) is 2.76. The van der Waals surface area contributed by atoms with Crippen LogP contribution in [0.25, 0.3) is 0 Å². The Hall–Kier alpha value is -0.520. The highest BCUT2D eigenvalue weighted by molar-refractivity contribution is 5.85. The zero-order valence-electron chi connectivity index (χ0n) is 11.3. The zero-order valence-corrected chi connectivity index (χ0v) is 12.1. The van der Waals surface area contributed by atoms with E-state index in [1.165, 1.54) is 0 Å². The van der Waals surface area contributed by atoms with Crippen molar-refractivity contribution >= 4 is 18.2 Å². The Morgan fingerprint density at radius 2 is 1.62 bits per heavy atom. The Bertz CT molecular complexity index is 265. The Balaban J connectivity index is 0. The maximum absolute atomic E-state index is 11.9. The number of halogens is 1. The molecule has 0 amide bonds. The van der Waals surface area contributed by atoms with Gasteiger partial charge in [-0.1, -0.05) is 26.7 Å². The van der Waals surface area contributed by atoms with Crippen molar-refractivity contribution in [2.45, 2.75) is 47.1 Å². The molecule has 0 unspecified atom stereocenters. The molecule has 0 aliphatic carbocycles. The van der Waals surface area contributed by atoms with Crippen LogP contribution in [0, 0.1) is 17.8 Å². The summed E-state index contributed by atoms with van der Waals surface area (Å²) in [4.78, 5) is 13.9. The molecule has 16 heavy (non-hydrogen) atoms. The third-order valence-electron chi connectivity index (χ3n) is 2.40. The molecule has 0 atom stereocenters. The van der Waals surface area contributed by atoms with E-state index in [1.54, 1.807) is 0 Å². The molecular weight excluding hydrogens is 222 g/mol. The summed E-state index contributed by atoms with van der Waals surface area (Å²) >= 11 is 0. The normalized spacial score (nSPS) is 11.9. The van der Waals surface area contributed by atoms with Gasteiger partial charge in [0.2, 0.25) is 0 Å². The van der Waals surface area contributed by atoms with E-state index in [-0.39, 0.29) is 29.1 Å². The van der Waals surface area contributed by atoms with Gasteiger partial charge >= 0.3 is 0 Å². The third-order valence-corrected chi connectivity index (χ3v) is 2.40. The monoisotopic (exact) mass is 245 g/mol. The number of carbonyl (C=O) groups excluding carboxylic acids is 1. The molecule has 0 aromatic heterocycles. The Labute approximate surface area is 106 Å². The average Bonchev–Trinajstić information content (AvgIpc) is 1.99. The van der Waals surface area contributed by atoms with E-state index in [1.807, 2.05) is 25.7 Å². The number of rotatable bonds is 3. The molecule has 0 aliphatic rings. The van der Waals surface area contributed by atoms with Crippen LogP contribution >= 0.6 is 12.4 Å². The number of hydrogen-bond acceptors (Lipinski definition) is 2. The second-order valence-corrected chi connectivity index (χ2v) is 5.90. The number of carbonyl (C=O) groups is 1. The minimum Gasteiger partial charge on any atom is -0.298 e. The van der Waals surface area contributed by atoms with E-state index in [9.17, 15) is 4.79 Å². The summed E-state index contributed by atoms with van der Waals surface area (Å²) in [6, 6.07) is 0. The van der Waals surface area contributed by atoms with Crippen LogP contribution in [0.15, 0.2) is 0 Å². The molecular formula is C13H24ClNO. The number of Topliss-reactive ketones (excluding diaryl/α,β-unsaturated/α-hetero) is 1. The van der Waals surface area contributed by atoms with Gasteiger partial charge in [0.15, 0.2) is 5.78 Å². The van der Waals surface area contributed by atoms with Gasteiger partial charge in [-0.3, -0.25) is 9.69 Å². The van der Waals surface area contributed by atoms with E-state index in [0.717, 1.165) is 0 Å². The summed E-state index contributed by atoms with van der Waals surface area (Å²) in [5.41, 5.74) is -0.356. The second-order valence-electron chi connectivity index (χ2n) is 5.90. The molecule has 0 aromatic rings. The van der Waals surface area contributed by atoms with E-state index < -0.39 is 0 Å². The van der Waals surface area contributed by atoms with Crippen molar-refractivity contribution in [3.05, 3.63) is 0 Å². The van der Waals surface area contributed by atoms with Crippen molar-refractivity contribution in [2.75, 3.05) is 13.1 Å². The van der Waals surface area contributed by atoms with Crippen LogP contribution in [-0.4, -0.2) is 29.3 Å². The van der Waals surface area contributed by atoms with Gasteiger partial charge in [0.05, 0.1) is 13.1 Å². The molecule has 0 N–H and O–H groups in total. The van der Waals surface area contributed by atoms with Crippen LogP contribution < -0.4 is 0 Å². The quantitative estimate of drug-likeness (QED) is 0.713. The van der Waals surface area contributed by atoms with Crippen LogP contribution in [0.2, 0.25) is 0 Å². The highest BCUT2D eigenvalue weighted by Gasteiger charge is 2.28. The molecule has 3 heteroatoms. The summed E-state index contributed by atoms with van der Waals surface area (Å²) in [7, 11) is 0. The fourth-order valence-electron chi connectivity index (χ4n) is 1.05. The molecule has 94 valence electrons.